The van der Waals surface area contributed by atoms with Crippen LogP contribution in [-0.4, -0.2) is 14.9 Å². The van der Waals surface area contributed by atoms with Gasteiger partial charge in [0.2, 0.25) is 0 Å². The fourth-order valence-corrected chi connectivity index (χ4v) is 5.72. The van der Waals surface area contributed by atoms with E-state index in [-0.39, 0.29) is 0 Å². The summed E-state index contributed by atoms with van der Waals surface area (Å²) >= 11 is 0. The van der Waals surface area contributed by atoms with E-state index in [1.807, 2.05) is 0 Å². The summed E-state index contributed by atoms with van der Waals surface area (Å²) in [5.74, 6) is 0. The minimum Gasteiger partial charge on any atom is -0.417 e. The van der Waals surface area contributed by atoms with E-state index >= 15 is 0 Å². The molecule has 1 atom stereocenters. The standard InChI is InChI=1S/C14H32OSi/c1-5-8-9-10-11-12-14-16(4,13-6-2)15-7-3/h5-14H2,1-4H3. The molecule has 0 aromatic rings. The number of rotatable bonds is 11. The van der Waals surface area contributed by atoms with Crippen molar-refractivity contribution in [3.8, 4) is 0 Å². The first-order valence-corrected chi connectivity index (χ1v) is 10.1. The predicted octanol–water partition coefficient (Wildman–Crippen LogP) is 5.37. The molecule has 0 bridgehead atoms. The Morgan fingerprint density at radius 2 is 1.38 bits per heavy atom. The van der Waals surface area contributed by atoms with E-state index in [1.54, 1.807) is 0 Å². The normalized spacial score (nSPS) is 15.0. The van der Waals surface area contributed by atoms with Gasteiger partial charge in [0.15, 0.2) is 8.32 Å². The molecule has 0 heterocycles. The molecule has 0 aliphatic heterocycles. The monoisotopic (exact) mass is 244 g/mol. The van der Waals surface area contributed by atoms with Gasteiger partial charge in [-0.1, -0.05) is 58.8 Å². The van der Waals surface area contributed by atoms with E-state index < -0.39 is 8.32 Å². The highest BCUT2D eigenvalue weighted by Crippen LogP contribution is 2.22. The fourth-order valence-electron chi connectivity index (χ4n) is 2.43. The van der Waals surface area contributed by atoms with Crippen molar-refractivity contribution in [3.63, 3.8) is 0 Å². The maximum absolute atomic E-state index is 6.04. The summed E-state index contributed by atoms with van der Waals surface area (Å²) in [6.07, 6.45) is 9.72. The number of hydrogen-bond donors (Lipinski definition) is 0. The summed E-state index contributed by atoms with van der Waals surface area (Å²) in [6.45, 7) is 10.0. The van der Waals surface area contributed by atoms with Crippen LogP contribution in [0.25, 0.3) is 0 Å². The van der Waals surface area contributed by atoms with Crippen molar-refractivity contribution in [1.29, 1.82) is 0 Å². The van der Waals surface area contributed by atoms with Gasteiger partial charge in [-0.2, -0.15) is 0 Å². The van der Waals surface area contributed by atoms with Crippen molar-refractivity contribution in [2.45, 2.75) is 84.4 Å². The lowest BCUT2D eigenvalue weighted by molar-refractivity contribution is 0.321. The second kappa shape index (κ2) is 10.3. The Morgan fingerprint density at radius 1 is 0.750 bits per heavy atom. The van der Waals surface area contributed by atoms with Gasteiger partial charge < -0.3 is 4.43 Å². The van der Waals surface area contributed by atoms with Gasteiger partial charge in [-0.3, -0.25) is 0 Å². The second-order valence-electron chi connectivity index (χ2n) is 5.15. The lowest BCUT2D eigenvalue weighted by Gasteiger charge is -2.26. The Bertz CT molecular complexity index is 142. The minimum absolute atomic E-state index is 0.915. The van der Waals surface area contributed by atoms with Crippen LogP contribution in [0.5, 0.6) is 0 Å². The fraction of sp³-hybridized carbons (Fsp3) is 1.00. The third-order valence-corrected chi connectivity index (χ3v) is 7.29. The van der Waals surface area contributed by atoms with Crippen molar-refractivity contribution in [1.82, 2.24) is 0 Å². The van der Waals surface area contributed by atoms with Crippen molar-refractivity contribution in [2.24, 2.45) is 0 Å². The lowest BCUT2D eigenvalue weighted by Crippen LogP contribution is -2.34. The first kappa shape index (κ1) is 16.2. The van der Waals surface area contributed by atoms with Gasteiger partial charge in [-0.05, 0) is 25.6 Å². The van der Waals surface area contributed by atoms with E-state index in [4.69, 9.17) is 4.43 Å². The average molecular weight is 244 g/mol. The van der Waals surface area contributed by atoms with Crippen LogP contribution in [-0.2, 0) is 4.43 Å². The predicted molar refractivity (Wildman–Crippen MR) is 76.5 cm³/mol. The third kappa shape index (κ3) is 8.34. The molecule has 1 nitrogen and oxygen atoms in total. The summed E-state index contributed by atoms with van der Waals surface area (Å²) in [5, 5.41) is 0. The molecule has 98 valence electrons. The zero-order chi connectivity index (χ0) is 12.3. The summed E-state index contributed by atoms with van der Waals surface area (Å²) in [6, 6.07) is 2.72. The molecule has 0 rings (SSSR count). The molecule has 0 amide bonds. The zero-order valence-electron chi connectivity index (χ0n) is 12.0. The molecule has 0 radical (unpaired) electrons. The van der Waals surface area contributed by atoms with Crippen LogP contribution < -0.4 is 0 Å². The zero-order valence-corrected chi connectivity index (χ0v) is 13.0. The summed E-state index contributed by atoms with van der Waals surface area (Å²) in [5.41, 5.74) is 0. The van der Waals surface area contributed by atoms with Gasteiger partial charge in [-0.25, -0.2) is 0 Å². The molecule has 0 fully saturated rings. The molecule has 0 aliphatic carbocycles. The van der Waals surface area contributed by atoms with E-state index in [1.165, 1.54) is 57.0 Å². The molecule has 0 aromatic heterocycles. The van der Waals surface area contributed by atoms with E-state index in [0.29, 0.717) is 0 Å². The Morgan fingerprint density at radius 3 is 1.94 bits per heavy atom. The van der Waals surface area contributed by atoms with Crippen LogP contribution in [0.1, 0.15) is 65.7 Å². The molecule has 1 unspecified atom stereocenters. The van der Waals surface area contributed by atoms with Crippen LogP contribution in [0, 0.1) is 0 Å². The van der Waals surface area contributed by atoms with Crippen LogP contribution in [0.15, 0.2) is 0 Å². The molecular weight excluding hydrogens is 212 g/mol. The first-order valence-electron chi connectivity index (χ1n) is 7.32. The molecule has 2 heteroatoms. The summed E-state index contributed by atoms with van der Waals surface area (Å²) < 4.78 is 6.04. The molecule has 0 aromatic carbocycles. The molecule has 16 heavy (non-hydrogen) atoms. The third-order valence-electron chi connectivity index (χ3n) is 3.33. The largest absolute Gasteiger partial charge is 0.417 e. The smallest absolute Gasteiger partial charge is 0.189 e. The van der Waals surface area contributed by atoms with Gasteiger partial charge in [0.1, 0.15) is 0 Å². The first-order chi connectivity index (χ1) is 7.68. The maximum Gasteiger partial charge on any atom is 0.189 e. The summed E-state index contributed by atoms with van der Waals surface area (Å²) in [4.78, 5) is 0. The van der Waals surface area contributed by atoms with Crippen molar-refractivity contribution < 1.29 is 4.43 Å². The number of hydrogen-bond acceptors (Lipinski definition) is 1. The highest BCUT2D eigenvalue weighted by atomic mass is 28.4. The Hall–Kier alpha value is 0.177. The maximum atomic E-state index is 6.04. The Kier molecular flexibility index (Phi) is 10.5. The van der Waals surface area contributed by atoms with Crippen LogP contribution >= 0.6 is 0 Å². The van der Waals surface area contributed by atoms with E-state index in [9.17, 15) is 0 Å². The van der Waals surface area contributed by atoms with Gasteiger partial charge in [0.25, 0.3) is 0 Å². The lowest BCUT2D eigenvalue weighted by atomic mass is 10.1. The Balaban J connectivity index is 3.59. The topological polar surface area (TPSA) is 9.23 Å². The number of unbranched alkanes of at least 4 members (excludes halogenated alkanes) is 5. The summed E-state index contributed by atoms with van der Waals surface area (Å²) in [7, 11) is -1.32. The highest BCUT2D eigenvalue weighted by molar-refractivity contribution is 6.72. The van der Waals surface area contributed by atoms with Gasteiger partial charge in [0.05, 0.1) is 0 Å². The minimum atomic E-state index is -1.32. The van der Waals surface area contributed by atoms with Crippen LogP contribution in [0.3, 0.4) is 0 Å². The molecule has 0 saturated carbocycles. The second-order valence-corrected chi connectivity index (χ2v) is 9.34. The van der Waals surface area contributed by atoms with Gasteiger partial charge in [0, 0.05) is 6.61 Å². The average Bonchev–Trinajstić information content (AvgIpc) is 2.24. The quantitative estimate of drug-likeness (QED) is 0.351. The molecule has 0 aliphatic rings. The molecule has 0 saturated heterocycles. The van der Waals surface area contributed by atoms with Crippen LogP contribution in [0.2, 0.25) is 18.6 Å². The molecular formula is C14H32OSi. The van der Waals surface area contributed by atoms with Crippen molar-refractivity contribution >= 4 is 8.32 Å². The highest BCUT2D eigenvalue weighted by Gasteiger charge is 2.26. The van der Waals surface area contributed by atoms with Gasteiger partial charge >= 0.3 is 0 Å². The van der Waals surface area contributed by atoms with Crippen molar-refractivity contribution in [3.05, 3.63) is 0 Å². The van der Waals surface area contributed by atoms with Crippen LogP contribution in [0.4, 0.5) is 0 Å². The molecule has 0 spiro atoms. The molecule has 0 N–H and O–H groups in total. The van der Waals surface area contributed by atoms with E-state index in [2.05, 4.69) is 27.3 Å². The SMILES string of the molecule is CCCCCCCC[Si](C)(CCC)OCC. The van der Waals surface area contributed by atoms with Crippen molar-refractivity contribution in [2.75, 3.05) is 6.61 Å². The Labute approximate surface area is 104 Å². The van der Waals surface area contributed by atoms with E-state index in [0.717, 1.165) is 6.61 Å². The van der Waals surface area contributed by atoms with Gasteiger partial charge in [-0.15, -0.1) is 0 Å².